The fraction of sp³-hybridized carbons (Fsp3) is 0.333. The lowest BCUT2D eigenvalue weighted by atomic mass is 10.2. The molecular weight excluding hydrogens is 307 g/mol. The van der Waals surface area contributed by atoms with Gasteiger partial charge in [-0.1, -0.05) is 37.0 Å². The first-order valence-electron chi connectivity index (χ1n) is 6.75. The van der Waals surface area contributed by atoms with Crippen LogP contribution in [0.2, 0.25) is 10.0 Å². The minimum atomic E-state index is 0.544. The second-order valence-electron chi connectivity index (χ2n) is 5.21. The molecule has 0 atom stereocenters. The molecule has 6 heteroatoms. The number of anilines is 3. The largest absolute Gasteiger partial charge is 0.370 e. The van der Waals surface area contributed by atoms with E-state index in [0.29, 0.717) is 27.6 Å². The Kier molecular flexibility index (Phi) is 5.26. The summed E-state index contributed by atoms with van der Waals surface area (Å²) in [5, 5.41) is 7.63. The normalized spacial score (nSPS) is 10.8. The van der Waals surface area contributed by atoms with E-state index in [1.54, 1.807) is 12.1 Å². The van der Waals surface area contributed by atoms with Crippen molar-refractivity contribution in [3.05, 3.63) is 40.1 Å². The van der Waals surface area contributed by atoms with Gasteiger partial charge in [0.1, 0.15) is 17.5 Å². The van der Waals surface area contributed by atoms with Crippen molar-refractivity contribution in [1.82, 2.24) is 9.97 Å². The van der Waals surface area contributed by atoms with Gasteiger partial charge in [-0.2, -0.15) is 0 Å². The van der Waals surface area contributed by atoms with Crippen molar-refractivity contribution in [3.63, 3.8) is 0 Å². The first-order chi connectivity index (χ1) is 9.94. The molecule has 0 amide bonds. The highest BCUT2D eigenvalue weighted by Crippen LogP contribution is 2.28. The molecule has 2 N–H and O–H groups in total. The molecule has 0 unspecified atom stereocenters. The van der Waals surface area contributed by atoms with Gasteiger partial charge in [0.25, 0.3) is 0 Å². The molecule has 0 aliphatic rings. The topological polar surface area (TPSA) is 49.8 Å². The SMILES string of the molecule is Cc1nc(NCC(C)C)cc(Nc2ccc(Cl)cc2Cl)n1. The molecule has 0 aliphatic carbocycles. The van der Waals surface area contributed by atoms with Crippen LogP contribution in [-0.4, -0.2) is 16.5 Å². The first kappa shape index (κ1) is 15.9. The standard InChI is InChI=1S/C15H18Cl2N4/c1-9(2)8-18-14-7-15(20-10(3)19-14)21-13-5-4-11(16)6-12(13)17/h4-7,9H,8H2,1-3H3,(H2,18,19,20,21). The molecule has 21 heavy (non-hydrogen) atoms. The number of nitrogens with one attached hydrogen (secondary N) is 2. The zero-order valence-corrected chi connectivity index (χ0v) is 13.8. The predicted octanol–water partition coefficient (Wildman–Crippen LogP) is 4.90. The van der Waals surface area contributed by atoms with E-state index in [0.717, 1.165) is 18.1 Å². The van der Waals surface area contributed by atoms with Gasteiger partial charge in [0, 0.05) is 17.6 Å². The third-order valence-corrected chi connectivity index (χ3v) is 3.27. The molecular formula is C15H18Cl2N4. The maximum atomic E-state index is 6.16. The lowest BCUT2D eigenvalue weighted by molar-refractivity contribution is 0.686. The molecule has 2 aromatic rings. The second kappa shape index (κ2) is 6.96. The van der Waals surface area contributed by atoms with Crippen molar-refractivity contribution in [2.24, 2.45) is 5.92 Å². The van der Waals surface area contributed by atoms with E-state index in [4.69, 9.17) is 23.2 Å². The summed E-state index contributed by atoms with van der Waals surface area (Å²) in [5.41, 5.74) is 0.758. The Morgan fingerprint density at radius 3 is 2.48 bits per heavy atom. The molecule has 112 valence electrons. The van der Waals surface area contributed by atoms with Crippen molar-refractivity contribution < 1.29 is 0 Å². The minimum Gasteiger partial charge on any atom is -0.370 e. The zero-order chi connectivity index (χ0) is 15.4. The highest BCUT2D eigenvalue weighted by Gasteiger charge is 2.06. The fourth-order valence-electron chi connectivity index (χ4n) is 1.76. The number of nitrogens with zero attached hydrogens (tertiary/aromatic N) is 2. The Morgan fingerprint density at radius 2 is 1.81 bits per heavy atom. The smallest absolute Gasteiger partial charge is 0.136 e. The maximum Gasteiger partial charge on any atom is 0.136 e. The van der Waals surface area contributed by atoms with Crippen LogP contribution in [0.4, 0.5) is 17.3 Å². The van der Waals surface area contributed by atoms with Crippen molar-refractivity contribution in [2.45, 2.75) is 20.8 Å². The molecule has 1 heterocycles. The van der Waals surface area contributed by atoms with Crippen LogP contribution in [0.25, 0.3) is 0 Å². The molecule has 0 saturated heterocycles. The van der Waals surface area contributed by atoms with Crippen LogP contribution in [0.1, 0.15) is 19.7 Å². The van der Waals surface area contributed by atoms with Gasteiger partial charge in [-0.05, 0) is 31.0 Å². The van der Waals surface area contributed by atoms with Crippen LogP contribution in [0, 0.1) is 12.8 Å². The van der Waals surface area contributed by atoms with Crippen LogP contribution in [0.15, 0.2) is 24.3 Å². The van der Waals surface area contributed by atoms with Gasteiger partial charge in [-0.15, -0.1) is 0 Å². The lowest BCUT2D eigenvalue weighted by Gasteiger charge is -2.12. The van der Waals surface area contributed by atoms with Gasteiger partial charge in [-0.25, -0.2) is 9.97 Å². The van der Waals surface area contributed by atoms with Crippen LogP contribution in [-0.2, 0) is 0 Å². The molecule has 0 fully saturated rings. The van der Waals surface area contributed by atoms with Gasteiger partial charge in [0.2, 0.25) is 0 Å². The van der Waals surface area contributed by atoms with Crippen molar-refractivity contribution in [1.29, 1.82) is 0 Å². The molecule has 0 bridgehead atoms. The summed E-state index contributed by atoms with van der Waals surface area (Å²) in [7, 11) is 0. The quantitative estimate of drug-likeness (QED) is 0.820. The van der Waals surface area contributed by atoms with E-state index in [1.165, 1.54) is 0 Å². The highest BCUT2D eigenvalue weighted by molar-refractivity contribution is 6.36. The average molecular weight is 325 g/mol. The van der Waals surface area contributed by atoms with Crippen molar-refractivity contribution in [2.75, 3.05) is 17.2 Å². The summed E-state index contributed by atoms with van der Waals surface area (Å²) in [6.45, 7) is 7.01. The van der Waals surface area contributed by atoms with Crippen molar-refractivity contribution in [3.8, 4) is 0 Å². The van der Waals surface area contributed by atoms with Crippen LogP contribution >= 0.6 is 23.2 Å². The number of benzene rings is 1. The molecule has 0 spiro atoms. The highest BCUT2D eigenvalue weighted by atomic mass is 35.5. The van der Waals surface area contributed by atoms with Gasteiger partial charge >= 0.3 is 0 Å². The Morgan fingerprint density at radius 1 is 1.10 bits per heavy atom. The van der Waals surface area contributed by atoms with Gasteiger partial charge in [0.15, 0.2) is 0 Å². The number of halogens is 2. The van der Waals surface area contributed by atoms with E-state index in [2.05, 4.69) is 34.4 Å². The van der Waals surface area contributed by atoms with Gasteiger partial charge in [-0.3, -0.25) is 0 Å². The molecule has 0 saturated carbocycles. The van der Waals surface area contributed by atoms with Crippen molar-refractivity contribution >= 4 is 40.5 Å². The minimum absolute atomic E-state index is 0.544. The second-order valence-corrected chi connectivity index (χ2v) is 6.05. The van der Waals surface area contributed by atoms with Crippen LogP contribution < -0.4 is 10.6 Å². The number of aryl methyl sites for hydroxylation is 1. The summed E-state index contributed by atoms with van der Waals surface area (Å²) >= 11 is 12.0. The lowest BCUT2D eigenvalue weighted by Crippen LogP contribution is -2.10. The Hall–Kier alpha value is -1.52. The summed E-state index contributed by atoms with van der Waals surface area (Å²) in [6, 6.07) is 7.16. The predicted molar refractivity (Wildman–Crippen MR) is 89.8 cm³/mol. The molecule has 1 aromatic heterocycles. The third-order valence-electron chi connectivity index (χ3n) is 2.72. The van der Waals surface area contributed by atoms with Crippen LogP contribution in [0.5, 0.6) is 0 Å². The fourth-order valence-corrected chi connectivity index (χ4v) is 2.22. The number of rotatable bonds is 5. The first-order valence-corrected chi connectivity index (χ1v) is 7.51. The van der Waals surface area contributed by atoms with Crippen LogP contribution in [0.3, 0.4) is 0 Å². The summed E-state index contributed by atoms with van der Waals surface area (Å²) in [6.07, 6.45) is 0. The average Bonchev–Trinajstić information content (AvgIpc) is 2.39. The molecule has 4 nitrogen and oxygen atoms in total. The molecule has 0 radical (unpaired) electrons. The van der Waals surface area contributed by atoms with E-state index >= 15 is 0 Å². The van der Waals surface area contributed by atoms with E-state index in [9.17, 15) is 0 Å². The van der Waals surface area contributed by atoms with E-state index in [-0.39, 0.29) is 0 Å². The maximum absolute atomic E-state index is 6.16. The third kappa shape index (κ3) is 4.76. The van der Waals surface area contributed by atoms with Gasteiger partial charge < -0.3 is 10.6 Å². The van der Waals surface area contributed by atoms with E-state index < -0.39 is 0 Å². The summed E-state index contributed by atoms with van der Waals surface area (Å²) in [5.74, 6) is 2.72. The Labute approximate surface area is 134 Å². The number of aromatic nitrogens is 2. The van der Waals surface area contributed by atoms with E-state index in [1.807, 2.05) is 19.1 Å². The molecule has 0 aliphatic heterocycles. The molecule has 1 aromatic carbocycles. The summed E-state index contributed by atoms with van der Waals surface area (Å²) in [4.78, 5) is 8.73. The molecule has 2 rings (SSSR count). The Balaban J connectivity index is 2.19. The monoisotopic (exact) mass is 324 g/mol. The number of hydrogen-bond acceptors (Lipinski definition) is 4. The number of hydrogen-bond donors (Lipinski definition) is 2. The summed E-state index contributed by atoms with van der Waals surface area (Å²) < 4.78 is 0. The van der Waals surface area contributed by atoms with Gasteiger partial charge in [0.05, 0.1) is 10.7 Å². The zero-order valence-electron chi connectivity index (χ0n) is 12.2. The Bertz CT molecular complexity index is 629.